The topological polar surface area (TPSA) is 59.1 Å². The van der Waals surface area contributed by atoms with Crippen LogP contribution in [0.3, 0.4) is 0 Å². The number of rotatable bonds is 5. The van der Waals surface area contributed by atoms with Crippen LogP contribution in [0.4, 0.5) is 4.39 Å². The van der Waals surface area contributed by atoms with E-state index < -0.39 is 0 Å². The van der Waals surface area contributed by atoms with E-state index in [0.717, 1.165) is 36.9 Å². The molecule has 3 nitrogen and oxygen atoms in total. The van der Waals surface area contributed by atoms with Gasteiger partial charge in [0.15, 0.2) is 0 Å². The Morgan fingerprint density at radius 1 is 1.23 bits per heavy atom. The van der Waals surface area contributed by atoms with E-state index in [1.807, 2.05) is 24.3 Å². The summed E-state index contributed by atoms with van der Waals surface area (Å²) in [5.41, 5.74) is 10.2. The zero-order valence-corrected chi connectivity index (χ0v) is 14.9. The van der Waals surface area contributed by atoms with Gasteiger partial charge in [-0.2, -0.15) is 0 Å². The molecule has 136 valence electrons. The quantitative estimate of drug-likeness (QED) is 0.839. The molecule has 26 heavy (non-hydrogen) atoms. The van der Waals surface area contributed by atoms with Crippen molar-refractivity contribution in [2.24, 2.45) is 17.6 Å². The summed E-state index contributed by atoms with van der Waals surface area (Å²) >= 11 is 0. The van der Waals surface area contributed by atoms with Crippen LogP contribution in [0.5, 0.6) is 0 Å². The summed E-state index contributed by atoms with van der Waals surface area (Å²) in [4.78, 5) is 4.45. The van der Waals surface area contributed by atoms with Gasteiger partial charge in [0.05, 0.1) is 5.69 Å². The molecule has 0 atom stereocenters. The number of nitrogens with two attached hydrogens (primary N) is 1. The van der Waals surface area contributed by atoms with Crippen molar-refractivity contribution in [1.82, 2.24) is 4.98 Å². The molecular formula is C22H25FN2O. The second kappa shape index (κ2) is 8.28. The zero-order chi connectivity index (χ0) is 18.5. The second-order valence-corrected chi connectivity index (χ2v) is 6.97. The molecule has 1 fully saturated rings. The number of nitrogens with zero attached hydrogens (tertiary/aromatic N) is 1. The van der Waals surface area contributed by atoms with Gasteiger partial charge in [-0.3, -0.25) is 4.98 Å². The number of aliphatic hydroxyl groups excluding tert-OH is 1. The van der Waals surface area contributed by atoms with Crippen molar-refractivity contribution < 1.29 is 9.50 Å². The smallest absolute Gasteiger partial charge is 0.123 e. The Balaban J connectivity index is 1.84. The number of aliphatic hydroxyl groups is 1. The molecule has 4 heteroatoms. The number of pyridine rings is 1. The molecule has 3 N–H and O–H groups in total. The van der Waals surface area contributed by atoms with Crippen molar-refractivity contribution in [2.75, 3.05) is 6.61 Å². The molecule has 1 aromatic heterocycles. The number of halogens is 1. The van der Waals surface area contributed by atoms with Crippen LogP contribution in [0.25, 0.3) is 11.6 Å². The highest BCUT2D eigenvalue weighted by Crippen LogP contribution is 2.33. The largest absolute Gasteiger partial charge is 0.402 e. The lowest BCUT2D eigenvalue weighted by Gasteiger charge is -2.27. The summed E-state index contributed by atoms with van der Waals surface area (Å²) in [6, 6.07) is 10.2. The van der Waals surface area contributed by atoms with Gasteiger partial charge in [-0.15, -0.1) is 0 Å². The number of hydrogen-bond donors (Lipinski definition) is 2. The van der Waals surface area contributed by atoms with Gasteiger partial charge in [0.1, 0.15) is 5.82 Å². The Hall–Kier alpha value is -2.46. The van der Waals surface area contributed by atoms with E-state index >= 15 is 0 Å². The molecule has 0 bridgehead atoms. The van der Waals surface area contributed by atoms with Crippen LogP contribution in [0.2, 0.25) is 0 Å². The molecule has 3 rings (SSSR count). The third-order valence-electron chi connectivity index (χ3n) is 5.20. The van der Waals surface area contributed by atoms with Gasteiger partial charge in [0, 0.05) is 29.6 Å². The van der Waals surface area contributed by atoms with E-state index in [2.05, 4.69) is 11.6 Å². The van der Waals surface area contributed by atoms with Gasteiger partial charge in [-0.05, 0) is 67.4 Å². The van der Waals surface area contributed by atoms with Crippen molar-refractivity contribution in [1.29, 1.82) is 0 Å². The molecule has 1 saturated carbocycles. The molecule has 0 unspecified atom stereocenters. The Labute approximate surface area is 154 Å². The summed E-state index contributed by atoms with van der Waals surface area (Å²) < 4.78 is 13.5. The number of allylic oxidation sites excluding steroid dienone is 1. The van der Waals surface area contributed by atoms with Crippen molar-refractivity contribution in [3.63, 3.8) is 0 Å². The fourth-order valence-electron chi connectivity index (χ4n) is 3.58. The molecule has 1 heterocycles. The van der Waals surface area contributed by atoms with E-state index in [1.165, 1.54) is 12.1 Å². The predicted molar refractivity (Wildman–Crippen MR) is 103 cm³/mol. The van der Waals surface area contributed by atoms with E-state index in [0.29, 0.717) is 28.7 Å². The van der Waals surface area contributed by atoms with E-state index in [4.69, 9.17) is 5.73 Å². The fourth-order valence-corrected chi connectivity index (χ4v) is 3.58. The minimum Gasteiger partial charge on any atom is -0.402 e. The first-order chi connectivity index (χ1) is 12.6. The lowest BCUT2D eigenvalue weighted by molar-refractivity contribution is 0.175. The van der Waals surface area contributed by atoms with Gasteiger partial charge >= 0.3 is 0 Å². The number of hydrogen-bond acceptors (Lipinski definition) is 3. The second-order valence-electron chi connectivity index (χ2n) is 6.97. The van der Waals surface area contributed by atoms with Crippen LogP contribution in [-0.4, -0.2) is 16.7 Å². The minimum atomic E-state index is -0.295. The van der Waals surface area contributed by atoms with Crippen molar-refractivity contribution in [3.8, 4) is 0 Å². The Kier molecular flexibility index (Phi) is 5.84. The first-order valence-electron chi connectivity index (χ1n) is 9.06. The van der Waals surface area contributed by atoms with Gasteiger partial charge in [-0.1, -0.05) is 24.8 Å². The predicted octanol–water partition coefficient (Wildman–Crippen LogP) is 4.38. The lowest BCUT2D eigenvalue weighted by atomic mass is 9.80. The van der Waals surface area contributed by atoms with Crippen LogP contribution >= 0.6 is 0 Å². The van der Waals surface area contributed by atoms with E-state index in [-0.39, 0.29) is 12.4 Å². The summed E-state index contributed by atoms with van der Waals surface area (Å²) in [5, 5.41) is 9.29. The molecule has 0 radical (unpaired) electrons. The first-order valence-corrected chi connectivity index (χ1v) is 9.06. The van der Waals surface area contributed by atoms with Gasteiger partial charge in [0.25, 0.3) is 0 Å². The number of benzene rings is 1. The third kappa shape index (κ3) is 4.20. The maximum atomic E-state index is 13.5. The third-order valence-corrected chi connectivity index (χ3v) is 5.20. The molecule has 1 aromatic carbocycles. The summed E-state index contributed by atoms with van der Waals surface area (Å²) in [6.07, 6.45) is 7.68. The lowest BCUT2D eigenvalue weighted by Crippen LogP contribution is -2.21. The highest BCUT2D eigenvalue weighted by atomic mass is 19.1. The van der Waals surface area contributed by atoms with Crippen molar-refractivity contribution in [3.05, 3.63) is 77.5 Å². The van der Waals surface area contributed by atoms with Gasteiger partial charge in [-0.25, -0.2) is 4.39 Å². The minimum absolute atomic E-state index is 0.260. The summed E-state index contributed by atoms with van der Waals surface area (Å²) in [7, 11) is 0. The van der Waals surface area contributed by atoms with Crippen LogP contribution in [0, 0.1) is 17.7 Å². The van der Waals surface area contributed by atoms with Crippen LogP contribution in [-0.2, 0) is 0 Å². The normalized spacial score (nSPS) is 20.8. The standard InChI is InChI=1S/C22H25FN2O/c1-15(18-4-2-6-20(23)12-18)22-19(5-3-11-25-22)13-21(24)17-9-7-16(14-26)8-10-17/h2-6,11-13,16-17,26H,1,7-10,14,24H2/b21-13-. The highest BCUT2D eigenvalue weighted by Gasteiger charge is 2.22. The molecule has 0 saturated heterocycles. The Bertz CT molecular complexity index is 807. The van der Waals surface area contributed by atoms with Gasteiger partial charge in [0.2, 0.25) is 0 Å². The van der Waals surface area contributed by atoms with E-state index in [1.54, 1.807) is 12.3 Å². The van der Waals surface area contributed by atoms with Crippen LogP contribution in [0.15, 0.2) is 54.9 Å². The van der Waals surface area contributed by atoms with Crippen molar-refractivity contribution >= 4 is 11.6 Å². The molecule has 0 spiro atoms. The molecule has 1 aliphatic rings. The maximum absolute atomic E-state index is 13.5. The Morgan fingerprint density at radius 2 is 2.00 bits per heavy atom. The van der Waals surface area contributed by atoms with Crippen molar-refractivity contribution in [2.45, 2.75) is 25.7 Å². The Morgan fingerprint density at radius 3 is 2.69 bits per heavy atom. The average Bonchev–Trinajstić information content (AvgIpc) is 2.68. The van der Waals surface area contributed by atoms with Crippen LogP contribution in [0.1, 0.15) is 42.5 Å². The number of aromatic nitrogens is 1. The molecule has 1 aliphatic carbocycles. The highest BCUT2D eigenvalue weighted by molar-refractivity contribution is 5.81. The first kappa shape index (κ1) is 18.3. The molecular weight excluding hydrogens is 327 g/mol. The SMILES string of the molecule is C=C(c1cccc(F)c1)c1ncccc1/C=C(\N)C1CCC(CO)CC1. The molecule has 2 aromatic rings. The monoisotopic (exact) mass is 352 g/mol. The summed E-state index contributed by atoms with van der Waals surface area (Å²) in [6.45, 7) is 4.37. The zero-order valence-electron chi connectivity index (χ0n) is 14.9. The molecule has 0 amide bonds. The fraction of sp³-hybridized carbons (Fsp3) is 0.318. The average molecular weight is 352 g/mol. The molecule has 0 aliphatic heterocycles. The summed E-state index contributed by atoms with van der Waals surface area (Å²) in [5.74, 6) is 0.436. The van der Waals surface area contributed by atoms with Crippen LogP contribution < -0.4 is 5.73 Å². The van der Waals surface area contributed by atoms with E-state index in [9.17, 15) is 9.50 Å². The van der Waals surface area contributed by atoms with Gasteiger partial charge < -0.3 is 10.8 Å². The maximum Gasteiger partial charge on any atom is 0.123 e.